The number of rotatable bonds is 7. The molecule has 12 heavy (non-hydrogen) atoms. The van der Waals surface area contributed by atoms with Crippen LogP contribution in [0.3, 0.4) is 0 Å². The van der Waals surface area contributed by atoms with Gasteiger partial charge in [-0.1, -0.05) is 13.8 Å². The van der Waals surface area contributed by atoms with Gasteiger partial charge in [-0.2, -0.15) is 0 Å². The maximum absolute atomic E-state index is 5.37. The van der Waals surface area contributed by atoms with E-state index in [0.29, 0.717) is 6.10 Å². The molecule has 0 aromatic heterocycles. The SMILES string of the molecule is CC(C)CCOCCOC(C)C. The van der Waals surface area contributed by atoms with Gasteiger partial charge < -0.3 is 9.47 Å². The highest BCUT2D eigenvalue weighted by molar-refractivity contribution is 4.43. The van der Waals surface area contributed by atoms with E-state index in [4.69, 9.17) is 9.47 Å². The first kappa shape index (κ1) is 11.9. The molecule has 0 spiro atoms. The van der Waals surface area contributed by atoms with Gasteiger partial charge >= 0.3 is 0 Å². The molecule has 0 atom stereocenters. The van der Waals surface area contributed by atoms with Crippen molar-refractivity contribution in [3.63, 3.8) is 0 Å². The summed E-state index contributed by atoms with van der Waals surface area (Å²) in [4.78, 5) is 0. The molecule has 0 unspecified atom stereocenters. The zero-order valence-corrected chi connectivity index (χ0v) is 8.80. The number of hydrogen-bond acceptors (Lipinski definition) is 2. The molecule has 0 bridgehead atoms. The molecule has 0 rings (SSSR count). The zero-order valence-electron chi connectivity index (χ0n) is 8.80. The summed E-state index contributed by atoms with van der Waals surface area (Å²) in [6, 6.07) is 0. The lowest BCUT2D eigenvalue weighted by atomic mass is 10.1. The third-order valence-electron chi connectivity index (χ3n) is 1.52. The molecule has 2 heteroatoms. The first-order valence-electron chi connectivity index (χ1n) is 4.82. The third-order valence-corrected chi connectivity index (χ3v) is 1.52. The quantitative estimate of drug-likeness (QED) is 0.552. The Kier molecular flexibility index (Phi) is 7.51. The molecule has 0 saturated heterocycles. The Morgan fingerprint density at radius 3 is 2.08 bits per heavy atom. The van der Waals surface area contributed by atoms with Gasteiger partial charge in [0.1, 0.15) is 0 Å². The highest BCUT2D eigenvalue weighted by Crippen LogP contribution is 1.98. The van der Waals surface area contributed by atoms with Gasteiger partial charge in [0.05, 0.1) is 19.3 Å². The van der Waals surface area contributed by atoms with Crippen molar-refractivity contribution in [3.05, 3.63) is 0 Å². The summed E-state index contributed by atoms with van der Waals surface area (Å²) in [5.74, 6) is 0.732. The van der Waals surface area contributed by atoms with Crippen LogP contribution in [0, 0.1) is 5.92 Å². The second-order valence-corrected chi connectivity index (χ2v) is 3.71. The lowest BCUT2D eigenvalue weighted by Crippen LogP contribution is -2.10. The first-order chi connectivity index (χ1) is 5.63. The maximum atomic E-state index is 5.37. The van der Waals surface area contributed by atoms with E-state index in [9.17, 15) is 0 Å². The summed E-state index contributed by atoms with van der Waals surface area (Å²) in [5.41, 5.74) is 0. The summed E-state index contributed by atoms with van der Waals surface area (Å²) in [6.07, 6.45) is 1.46. The molecule has 0 radical (unpaired) electrons. The monoisotopic (exact) mass is 174 g/mol. The minimum absolute atomic E-state index is 0.318. The first-order valence-corrected chi connectivity index (χ1v) is 4.82. The van der Waals surface area contributed by atoms with Gasteiger partial charge in [0.25, 0.3) is 0 Å². The largest absolute Gasteiger partial charge is 0.379 e. The second kappa shape index (κ2) is 7.56. The van der Waals surface area contributed by atoms with E-state index < -0.39 is 0 Å². The van der Waals surface area contributed by atoms with E-state index in [0.717, 1.165) is 32.2 Å². The molecule has 0 saturated carbocycles. The van der Waals surface area contributed by atoms with Crippen LogP contribution in [-0.4, -0.2) is 25.9 Å². The molecule has 0 aliphatic heterocycles. The molecule has 74 valence electrons. The second-order valence-electron chi connectivity index (χ2n) is 3.71. The molecule has 0 N–H and O–H groups in total. The summed E-state index contributed by atoms with van der Waals surface area (Å²) in [6.45, 7) is 10.8. The van der Waals surface area contributed by atoms with Gasteiger partial charge in [-0.05, 0) is 26.2 Å². The Balaban J connectivity index is 2.91. The molecule has 0 aromatic carbocycles. The van der Waals surface area contributed by atoms with Crippen molar-refractivity contribution in [2.24, 2.45) is 5.92 Å². The van der Waals surface area contributed by atoms with E-state index in [2.05, 4.69) is 13.8 Å². The molecule has 0 fully saturated rings. The van der Waals surface area contributed by atoms with Crippen LogP contribution in [0.25, 0.3) is 0 Å². The predicted molar refractivity (Wildman–Crippen MR) is 51.4 cm³/mol. The van der Waals surface area contributed by atoms with Crippen molar-refractivity contribution in [2.75, 3.05) is 19.8 Å². The van der Waals surface area contributed by atoms with Crippen molar-refractivity contribution < 1.29 is 9.47 Å². The molecule has 0 aliphatic carbocycles. The Bertz CT molecular complexity index is 77.8. The van der Waals surface area contributed by atoms with Crippen molar-refractivity contribution in [3.8, 4) is 0 Å². The van der Waals surface area contributed by atoms with Crippen molar-refractivity contribution in [2.45, 2.75) is 40.2 Å². The van der Waals surface area contributed by atoms with Crippen LogP contribution in [0.5, 0.6) is 0 Å². The smallest absolute Gasteiger partial charge is 0.0703 e. The van der Waals surface area contributed by atoms with E-state index in [1.807, 2.05) is 13.8 Å². The van der Waals surface area contributed by atoms with Crippen LogP contribution in [-0.2, 0) is 9.47 Å². The highest BCUT2D eigenvalue weighted by atomic mass is 16.5. The zero-order chi connectivity index (χ0) is 9.40. The summed E-state index contributed by atoms with van der Waals surface area (Å²) in [7, 11) is 0. The fourth-order valence-electron chi connectivity index (χ4n) is 0.764. The van der Waals surface area contributed by atoms with Gasteiger partial charge in [-0.3, -0.25) is 0 Å². The molecular formula is C10H22O2. The Hall–Kier alpha value is -0.0800. The van der Waals surface area contributed by atoms with E-state index in [1.165, 1.54) is 0 Å². The molecule has 0 heterocycles. The van der Waals surface area contributed by atoms with E-state index >= 15 is 0 Å². The van der Waals surface area contributed by atoms with Gasteiger partial charge in [0, 0.05) is 6.61 Å². The average molecular weight is 174 g/mol. The molecular weight excluding hydrogens is 152 g/mol. The van der Waals surface area contributed by atoms with Gasteiger partial charge in [-0.25, -0.2) is 0 Å². The fourth-order valence-corrected chi connectivity index (χ4v) is 0.764. The lowest BCUT2D eigenvalue weighted by molar-refractivity contribution is 0.0171. The normalized spacial score (nSPS) is 11.5. The average Bonchev–Trinajstić information content (AvgIpc) is 1.95. The Labute approximate surface area is 76.3 Å². The van der Waals surface area contributed by atoms with E-state index in [1.54, 1.807) is 0 Å². The standard InChI is InChI=1S/C10H22O2/c1-9(2)5-6-11-7-8-12-10(3)4/h9-10H,5-8H2,1-4H3. The van der Waals surface area contributed by atoms with Gasteiger partial charge in [-0.15, -0.1) is 0 Å². The highest BCUT2D eigenvalue weighted by Gasteiger charge is 1.95. The molecule has 2 nitrogen and oxygen atoms in total. The minimum atomic E-state index is 0.318. The molecule has 0 aliphatic rings. The fraction of sp³-hybridized carbons (Fsp3) is 1.00. The van der Waals surface area contributed by atoms with E-state index in [-0.39, 0.29) is 0 Å². The predicted octanol–water partition coefficient (Wildman–Crippen LogP) is 2.47. The Morgan fingerprint density at radius 1 is 0.917 bits per heavy atom. The van der Waals surface area contributed by atoms with Crippen molar-refractivity contribution in [1.82, 2.24) is 0 Å². The summed E-state index contributed by atoms with van der Waals surface area (Å²) < 4.78 is 10.7. The van der Waals surface area contributed by atoms with Gasteiger partial charge in [0.15, 0.2) is 0 Å². The van der Waals surface area contributed by atoms with Crippen molar-refractivity contribution in [1.29, 1.82) is 0 Å². The Morgan fingerprint density at radius 2 is 1.58 bits per heavy atom. The van der Waals surface area contributed by atoms with Crippen LogP contribution >= 0.6 is 0 Å². The summed E-state index contributed by atoms with van der Waals surface area (Å²) in [5, 5.41) is 0. The van der Waals surface area contributed by atoms with Gasteiger partial charge in [0.2, 0.25) is 0 Å². The molecule has 0 aromatic rings. The maximum Gasteiger partial charge on any atom is 0.0703 e. The molecule has 0 amide bonds. The summed E-state index contributed by atoms with van der Waals surface area (Å²) >= 11 is 0. The number of ether oxygens (including phenoxy) is 2. The minimum Gasteiger partial charge on any atom is -0.379 e. The van der Waals surface area contributed by atoms with Crippen LogP contribution in [0.1, 0.15) is 34.1 Å². The topological polar surface area (TPSA) is 18.5 Å². The van der Waals surface area contributed by atoms with Crippen LogP contribution < -0.4 is 0 Å². The third kappa shape index (κ3) is 9.92. The van der Waals surface area contributed by atoms with Crippen LogP contribution in [0.15, 0.2) is 0 Å². The lowest BCUT2D eigenvalue weighted by Gasteiger charge is -2.08. The van der Waals surface area contributed by atoms with Crippen molar-refractivity contribution >= 4 is 0 Å². The van der Waals surface area contributed by atoms with Crippen LogP contribution in [0.2, 0.25) is 0 Å². The number of hydrogen-bond donors (Lipinski definition) is 0. The van der Waals surface area contributed by atoms with Crippen LogP contribution in [0.4, 0.5) is 0 Å².